The van der Waals surface area contributed by atoms with Gasteiger partial charge in [0.15, 0.2) is 5.82 Å². The largest absolute Gasteiger partial charge is 0.496 e. The smallest absolute Gasteiger partial charge is 0.387 e. The summed E-state index contributed by atoms with van der Waals surface area (Å²) < 4.78 is 43.1. The van der Waals surface area contributed by atoms with Gasteiger partial charge in [0.05, 0.1) is 24.4 Å². The van der Waals surface area contributed by atoms with E-state index < -0.39 is 17.9 Å². The first kappa shape index (κ1) is 23.1. The lowest BCUT2D eigenvalue weighted by Gasteiger charge is -2.21. The number of methoxy groups -OCH3 is 1. The number of carbonyl (C=O) groups is 1. The van der Waals surface area contributed by atoms with Crippen LogP contribution in [0.1, 0.15) is 41.5 Å². The van der Waals surface area contributed by atoms with E-state index in [1.807, 2.05) is 32.2 Å². The van der Waals surface area contributed by atoms with Gasteiger partial charge in [-0.25, -0.2) is 4.98 Å². The molecule has 0 bridgehead atoms. The zero-order valence-corrected chi connectivity index (χ0v) is 19.2. The average Bonchev–Trinajstić information content (AvgIpc) is 3.43. The van der Waals surface area contributed by atoms with Gasteiger partial charge in [-0.3, -0.25) is 9.20 Å². The molecule has 0 unspecified atom stereocenters. The number of nitrogens with one attached hydrogen (secondary N) is 1. The summed E-state index contributed by atoms with van der Waals surface area (Å²) in [7, 11) is 2.74. The number of nitrogens with zero attached hydrogens (tertiary/aromatic N) is 4. The second kappa shape index (κ2) is 8.73. The van der Waals surface area contributed by atoms with Gasteiger partial charge in [0, 0.05) is 25.7 Å². The number of hydrogen-bond donors (Lipinski definition) is 1. The van der Waals surface area contributed by atoms with Gasteiger partial charge in [-0.15, -0.1) is 0 Å². The van der Waals surface area contributed by atoms with E-state index in [9.17, 15) is 13.6 Å². The Hall–Kier alpha value is -4.02. The van der Waals surface area contributed by atoms with Crippen molar-refractivity contribution in [3.63, 3.8) is 0 Å². The van der Waals surface area contributed by atoms with Gasteiger partial charge in [-0.2, -0.15) is 13.8 Å². The average molecular weight is 471 g/mol. The van der Waals surface area contributed by atoms with Crippen molar-refractivity contribution >= 4 is 11.6 Å². The maximum absolute atomic E-state index is 13.1. The normalized spacial score (nSPS) is 11.8. The number of halogens is 2. The lowest BCUT2D eigenvalue weighted by atomic mass is 9.84. The molecule has 1 aromatic carbocycles. The van der Waals surface area contributed by atoms with Crippen molar-refractivity contribution in [2.45, 2.75) is 32.8 Å². The Kier molecular flexibility index (Phi) is 5.94. The molecule has 4 rings (SSSR count). The number of rotatable bonds is 7. The topological polar surface area (TPSA) is 104 Å². The fraction of sp³-hybridized carbons (Fsp3) is 0.304. The van der Waals surface area contributed by atoms with Crippen molar-refractivity contribution in [1.82, 2.24) is 24.8 Å². The molecule has 0 atom stereocenters. The van der Waals surface area contributed by atoms with E-state index in [-0.39, 0.29) is 17.1 Å². The third-order valence-electron chi connectivity index (χ3n) is 5.57. The van der Waals surface area contributed by atoms with E-state index in [4.69, 9.17) is 9.26 Å². The number of aromatic nitrogens is 4. The maximum atomic E-state index is 13.1. The third-order valence-corrected chi connectivity index (χ3v) is 5.57. The quantitative estimate of drug-likeness (QED) is 0.435. The van der Waals surface area contributed by atoms with Crippen LogP contribution in [-0.2, 0) is 5.41 Å². The standard InChI is InChI=1S/C23H23F2N5O4/c1-12-28-21(29-34-12)23(2,3)14-6-7-30-15(11-27-18(30)10-14)13-8-16(32-5)19(20(31)26-4)17(9-13)33-22(24)25/h6-11,22H,1-5H3,(H,26,31). The van der Waals surface area contributed by atoms with Crippen molar-refractivity contribution in [2.75, 3.05) is 14.2 Å². The second-order valence-electron chi connectivity index (χ2n) is 8.06. The van der Waals surface area contributed by atoms with Crippen LogP contribution in [0.2, 0.25) is 0 Å². The van der Waals surface area contributed by atoms with Crippen LogP contribution in [0.15, 0.2) is 41.2 Å². The van der Waals surface area contributed by atoms with E-state index in [1.54, 1.807) is 23.6 Å². The molecule has 0 radical (unpaired) electrons. The SMILES string of the molecule is CNC(=O)c1c(OC)cc(-c2cnc3cc(C(C)(C)c4noc(C)n4)ccn23)cc1OC(F)F. The number of alkyl halides is 2. The molecule has 1 N–H and O–H groups in total. The van der Waals surface area contributed by atoms with E-state index >= 15 is 0 Å². The van der Waals surface area contributed by atoms with Gasteiger partial charge in [0.25, 0.3) is 5.91 Å². The number of amides is 1. The van der Waals surface area contributed by atoms with Crippen LogP contribution in [0.5, 0.6) is 11.5 Å². The molecule has 178 valence electrons. The molecule has 0 saturated heterocycles. The summed E-state index contributed by atoms with van der Waals surface area (Å²) in [5.74, 6) is 0.199. The Morgan fingerprint density at radius 1 is 1.24 bits per heavy atom. The Labute approximate surface area is 193 Å². The fourth-order valence-corrected chi connectivity index (χ4v) is 3.70. The van der Waals surface area contributed by atoms with Gasteiger partial charge in [0.1, 0.15) is 22.7 Å². The van der Waals surface area contributed by atoms with E-state index in [1.165, 1.54) is 20.2 Å². The van der Waals surface area contributed by atoms with E-state index in [0.717, 1.165) is 5.56 Å². The number of aryl methyl sites for hydroxylation is 1. The highest BCUT2D eigenvalue weighted by Gasteiger charge is 2.29. The molecule has 0 aliphatic rings. The summed E-state index contributed by atoms with van der Waals surface area (Å²) in [6.07, 6.45) is 3.42. The van der Waals surface area contributed by atoms with Gasteiger partial charge in [-0.05, 0) is 43.7 Å². The summed E-state index contributed by atoms with van der Waals surface area (Å²) in [5.41, 5.74) is 1.94. The van der Waals surface area contributed by atoms with Crippen molar-refractivity contribution in [1.29, 1.82) is 0 Å². The molecule has 34 heavy (non-hydrogen) atoms. The number of carbonyl (C=O) groups excluding carboxylic acids is 1. The van der Waals surface area contributed by atoms with Crippen LogP contribution < -0.4 is 14.8 Å². The van der Waals surface area contributed by atoms with Gasteiger partial charge >= 0.3 is 6.61 Å². The molecule has 9 nitrogen and oxygen atoms in total. The Balaban J connectivity index is 1.82. The van der Waals surface area contributed by atoms with Gasteiger partial charge in [-0.1, -0.05) is 5.16 Å². The van der Waals surface area contributed by atoms with Gasteiger partial charge in [0.2, 0.25) is 5.89 Å². The first-order valence-corrected chi connectivity index (χ1v) is 10.3. The van der Waals surface area contributed by atoms with Crippen LogP contribution in [-0.4, -0.2) is 46.2 Å². The summed E-state index contributed by atoms with van der Waals surface area (Å²) in [4.78, 5) is 21.1. The summed E-state index contributed by atoms with van der Waals surface area (Å²) >= 11 is 0. The summed E-state index contributed by atoms with van der Waals surface area (Å²) in [6.45, 7) is 2.56. The highest BCUT2D eigenvalue weighted by Crippen LogP contribution is 2.37. The number of imidazole rings is 1. The van der Waals surface area contributed by atoms with E-state index in [2.05, 4.69) is 25.2 Å². The first-order valence-electron chi connectivity index (χ1n) is 10.3. The minimum Gasteiger partial charge on any atom is -0.496 e. The summed E-state index contributed by atoms with van der Waals surface area (Å²) in [6, 6.07) is 6.73. The molecular formula is C23H23F2N5O4. The molecular weight excluding hydrogens is 448 g/mol. The molecule has 11 heteroatoms. The zero-order valence-electron chi connectivity index (χ0n) is 19.2. The van der Waals surface area contributed by atoms with Crippen LogP contribution >= 0.6 is 0 Å². The minimum absolute atomic E-state index is 0.0904. The predicted octanol–water partition coefficient (Wildman–Crippen LogP) is 3.99. The van der Waals surface area contributed by atoms with Crippen molar-refractivity contribution in [2.24, 2.45) is 0 Å². The maximum Gasteiger partial charge on any atom is 0.387 e. The predicted molar refractivity (Wildman–Crippen MR) is 118 cm³/mol. The Morgan fingerprint density at radius 3 is 2.59 bits per heavy atom. The highest BCUT2D eigenvalue weighted by molar-refractivity contribution is 6.00. The van der Waals surface area contributed by atoms with Crippen molar-refractivity contribution < 1.29 is 27.6 Å². The number of benzene rings is 1. The lowest BCUT2D eigenvalue weighted by Crippen LogP contribution is -2.21. The zero-order chi connectivity index (χ0) is 24.6. The monoisotopic (exact) mass is 471 g/mol. The third kappa shape index (κ3) is 4.04. The molecule has 0 spiro atoms. The Bertz CT molecular complexity index is 1360. The van der Waals surface area contributed by atoms with Crippen LogP contribution in [0.25, 0.3) is 16.9 Å². The molecule has 4 aromatic rings. The fourth-order valence-electron chi connectivity index (χ4n) is 3.70. The molecule has 3 aromatic heterocycles. The molecule has 0 aliphatic heterocycles. The molecule has 0 fully saturated rings. The first-order chi connectivity index (χ1) is 16.1. The minimum atomic E-state index is -3.12. The van der Waals surface area contributed by atoms with Crippen LogP contribution in [0, 0.1) is 6.92 Å². The number of fused-ring (bicyclic) bond motifs is 1. The Morgan fingerprint density at radius 2 is 1.97 bits per heavy atom. The van der Waals surface area contributed by atoms with E-state index in [0.29, 0.717) is 28.6 Å². The van der Waals surface area contributed by atoms with Crippen LogP contribution in [0.4, 0.5) is 8.78 Å². The van der Waals surface area contributed by atoms with Crippen LogP contribution in [0.3, 0.4) is 0 Å². The number of hydrogen-bond acceptors (Lipinski definition) is 7. The molecule has 3 heterocycles. The summed E-state index contributed by atoms with van der Waals surface area (Å²) in [5, 5.41) is 6.45. The highest BCUT2D eigenvalue weighted by atomic mass is 19.3. The second-order valence-corrected chi connectivity index (χ2v) is 8.06. The molecule has 0 aliphatic carbocycles. The van der Waals surface area contributed by atoms with Gasteiger partial charge < -0.3 is 19.3 Å². The van der Waals surface area contributed by atoms with Crippen molar-refractivity contribution in [3.05, 3.63) is 59.5 Å². The lowest BCUT2D eigenvalue weighted by molar-refractivity contribution is -0.0502. The number of pyridine rings is 1. The molecule has 1 amide bonds. The van der Waals surface area contributed by atoms with Crippen molar-refractivity contribution in [3.8, 4) is 22.8 Å². The molecule has 0 saturated carbocycles. The number of ether oxygens (including phenoxy) is 2.